The topological polar surface area (TPSA) is 76.1 Å². The third-order valence-electron chi connectivity index (χ3n) is 3.79. The summed E-state index contributed by atoms with van der Waals surface area (Å²) in [6, 6.07) is 17.6. The standard InChI is InChI=1S/C19H20N2O2/c1-13(18(21)22)23-17-7-5-4-6-16(17)14-8-10-15(11-9-14)19(2,3)12-20/h4-11,13H,1-3H3,(H2,21,22). The van der Waals surface area contributed by atoms with Crippen molar-refractivity contribution < 1.29 is 9.53 Å². The molecule has 0 bridgehead atoms. The number of nitrogens with zero attached hydrogens (tertiary/aromatic N) is 1. The molecule has 0 aromatic heterocycles. The van der Waals surface area contributed by atoms with Crippen molar-refractivity contribution in [3.05, 3.63) is 54.1 Å². The van der Waals surface area contributed by atoms with Crippen molar-refractivity contribution in [1.82, 2.24) is 0 Å². The van der Waals surface area contributed by atoms with E-state index in [1.165, 1.54) is 0 Å². The Morgan fingerprint density at radius 3 is 2.35 bits per heavy atom. The third-order valence-corrected chi connectivity index (χ3v) is 3.79. The molecule has 0 heterocycles. The van der Waals surface area contributed by atoms with Crippen molar-refractivity contribution in [2.45, 2.75) is 32.3 Å². The van der Waals surface area contributed by atoms with Crippen LogP contribution in [0.15, 0.2) is 48.5 Å². The van der Waals surface area contributed by atoms with E-state index in [0.29, 0.717) is 5.75 Å². The maximum Gasteiger partial charge on any atom is 0.258 e. The number of hydrogen-bond donors (Lipinski definition) is 1. The van der Waals surface area contributed by atoms with Crippen LogP contribution in [0.25, 0.3) is 11.1 Å². The zero-order valence-electron chi connectivity index (χ0n) is 13.5. The van der Waals surface area contributed by atoms with E-state index in [1.807, 2.05) is 62.4 Å². The number of para-hydroxylation sites is 1. The van der Waals surface area contributed by atoms with E-state index in [-0.39, 0.29) is 0 Å². The van der Waals surface area contributed by atoms with Crippen LogP contribution in [0.4, 0.5) is 0 Å². The molecule has 0 saturated carbocycles. The molecule has 2 aromatic carbocycles. The number of carbonyl (C=O) groups is 1. The number of rotatable bonds is 5. The largest absolute Gasteiger partial charge is 0.480 e. The van der Waals surface area contributed by atoms with Gasteiger partial charge in [0, 0.05) is 5.56 Å². The van der Waals surface area contributed by atoms with Crippen LogP contribution < -0.4 is 10.5 Å². The van der Waals surface area contributed by atoms with Crippen molar-refractivity contribution in [3.8, 4) is 22.9 Å². The summed E-state index contributed by atoms with van der Waals surface area (Å²) < 4.78 is 5.65. The molecule has 1 atom stereocenters. The second-order valence-electron chi connectivity index (χ2n) is 5.97. The minimum absolute atomic E-state index is 0.508. The lowest BCUT2D eigenvalue weighted by molar-refractivity contribution is -0.123. The summed E-state index contributed by atoms with van der Waals surface area (Å²) >= 11 is 0. The van der Waals surface area contributed by atoms with Gasteiger partial charge < -0.3 is 10.5 Å². The van der Waals surface area contributed by atoms with Gasteiger partial charge >= 0.3 is 0 Å². The van der Waals surface area contributed by atoms with Gasteiger partial charge in [-0.2, -0.15) is 5.26 Å². The number of hydrogen-bond acceptors (Lipinski definition) is 3. The highest BCUT2D eigenvalue weighted by atomic mass is 16.5. The van der Waals surface area contributed by atoms with Crippen LogP contribution in [0.5, 0.6) is 5.75 Å². The SMILES string of the molecule is CC(Oc1ccccc1-c1ccc(C(C)(C)C#N)cc1)C(N)=O. The van der Waals surface area contributed by atoms with Gasteiger partial charge in [-0.3, -0.25) is 4.79 Å². The lowest BCUT2D eigenvalue weighted by Gasteiger charge is -2.18. The van der Waals surface area contributed by atoms with Gasteiger partial charge in [0.1, 0.15) is 5.75 Å². The van der Waals surface area contributed by atoms with Crippen molar-refractivity contribution in [2.24, 2.45) is 5.73 Å². The summed E-state index contributed by atoms with van der Waals surface area (Å²) in [5.74, 6) is 0.0945. The predicted molar refractivity (Wildman–Crippen MR) is 89.8 cm³/mol. The fourth-order valence-corrected chi connectivity index (χ4v) is 2.19. The number of nitrogens with two attached hydrogens (primary N) is 1. The summed E-state index contributed by atoms with van der Waals surface area (Å²) in [6.07, 6.45) is -0.701. The van der Waals surface area contributed by atoms with Crippen LogP contribution in [0, 0.1) is 11.3 Å². The number of ether oxygens (including phenoxy) is 1. The molecule has 0 fully saturated rings. The average molecular weight is 308 g/mol. The van der Waals surface area contributed by atoms with Crippen LogP contribution in [-0.4, -0.2) is 12.0 Å². The summed E-state index contributed by atoms with van der Waals surface area (Å²) in [4.78, 5) is 11.2. The van der Waals surface area contributed by atoms with Crippen LogP contribution in [-0.2, 0) is 10.2 Å². The Hall–Kier alpha value is -2.80. The fraction of sp³-hybridized carbons (Fsp3) is 0.263. The number of nitriles is 1. The molecule has 118 valence electrons. The molecule has 0 aliphatic carbocycles. The first-order valence-electron chi connectivity index (χ1n) is 7.42. The zero-order valence-corrected chi connectivity index (χ0v) is 13.5. The summed E-state index contributed by atoms with van der Waals surface area (Å²) in [5.41, 5.74) is 7.51. The van der Waals surface area contributed by atoms with Crippen molar-refractivity contribution in [3.63, 3.8) is 0 Å². The van der Waals surface area contributed by atoms with Gasteiger partial charge in [0.25, 0.3) is 5.91 Å². The van der Waals surface area contributed by atoms with Gasteiger partial charge in [0.05, 0.1) is 11.5 Å². The Morgan fingerprint density at radius 2 is 1.78 bits per heavy atom. The first-order chi connectivity index (χ1) is 10.8. The Kier molecular flexibility index (Phi) is 4.71. The van der Waals surface area contributed by atoms with Crippen LogP contribution in [0.1, 0.15) is 26.3 Å². The average Bonchev–Trinajstić information content (AvgIpc) is 2.55. The Morgan fingerprint density at radius 1 is 1.17 bits per heavy atom. The van der Waals surface area contributed by atoms with Crippen molar-refractivity contribution in [1.29, 1.82) is 5.26 Å². The molecule has 0 spiro atoms. The molecular weight excluding hydrogens is 288 g/mol. The quantitative estimate of drug-likeness (QED) is 0.919. The minimum Gasteiger partial charge on any atom is -0.480 e. The molecule has 2 N–H and O–H groups in total. The summed E-state index contributed by atoms with van der Waals surface area (Å²) in [6.45, 7) is 5.39. The predicted octanol–water partition coefficient (Wildman–Crippen LogP) is 3.41. The molecule has 1 unspecified atom stereocenters. The monoisotopic (exact) mass is 308 g/mol. The lowest BCUT2D eigenvalue weighted by atomic mass is 9.85. The molecule has 1 amide bonds. The molecular formula is C19H20N2O2. The molecule has 0 aliphatic heterocycles. The Bertz CT molecular complexity index is 743. The van der Waals surface area contributed by atoms with E-state index < -0.39 is 17.4 Å². The maximum atomic E-state index is 11.2. The molecule has 2 aromatic rings. The minimum atomic E-state index is -0.701. The molecule has 23 heavy (non-hydrogen) atoms. The second-order valence-corrected chi connectivity index (χ2v) is 5.97. The van der Waals surface area contributed by atoms with E-state index in [0.717, 1.165) is 16.7 Å². The first kappa shape index (κ1) is 16.6. The summed E-state index contributed by atoms with van der Waals surface area (Å²) in [5, 5.41) is 9.22. The maximum absolute atomic E-state index is 11.2. The Balaban J connectivity index is 2.36. The van der Waals surface area contributed by atoms with E-state index in [4.69, 9.17) is 10.5 Å². The smallest absolute Gasteiger partial charge is 0.258 e. The number of amides is 1. The van der Waals surface area contributed by atoms with Crippen molar-refractivity contribution in [2.75, 3.05) is 0 Å². The zero-order chi connectivity index (χ0) is 17.0. The van der Waals surface area contributed by atoms with Gasteiger partial charge in [-0.05, 0) is 38.0 Å². The van der Waals surface area contributed by atoms with Crippen LogP contribution in [0.3, 0.4) is 0 Å². The van der Waals surface area contributed by atoms with E-state index in [9.17, 15) is 10.1 Å². The van der Waals surface area contributed by atoms with E-state index in [1.54, 1.807) is 6.92 Å². The summed E-state index contributed by atoms with van der Waals surface area (Å²) in [7, 11) is 0. The lowest BCUT2D eigenvalue weighted by Crippen LogP contribution is -2.30. The molecule has 4 heteroatoms. The van der Waals surface area contributed by atoms with Gasteiger partial charge in [0.2, 0.25) is 0 Å². The first-order valence-corrected chi connectivity index (χ1v) is 7.42. The normalized spacial score (nSPS) is 12.3. The fourth-order valence-electron chi connectivity index (χ4n) is 2.19. The molecule has 0 radical (unpaired) electrons. The third kappa shape index (κ3) is 3.70. The van der Waals surface area contributed by atoms with Crippen molar-refractivity contribution >= 4 is 5.91 Å². The highest BCUT2D eigenvalue weighted by Crippen LogP contribution is 2.32. The van der Waals surface area contributed by atoms with Gasteiger partial charge in [-0.15, -0.1) is 0 Å². The van der Waals surface area contributed by atoms with Gasteiger partial charge in [0.15, 0.2) is 6.10 Å². The highest BCUT2D eigenvalue weighted by Gasteiger charge is 2.20. The van der Waals surface area contributed by atoms with Crippen LogP contribution >= 0.6 is 0 Å². The second kappa shape index (κ2) is 6.53. The Labute approximate surface area is 136 Å². The van der Waals surface area contributed by atoms with E-state index in [2.05, 4.69) is 6.07 Å². The van der Waals surface area contributed by atoms with Crippen LogP contribution in [0.2, 0.25) is 0 Å². The van der Waals surface area contributed by atoms with E-state index >= 15 is 0 Å². The van der Waals surface area contributed by atoms with Gasteiger partial charge in [-0.25, -0.2) is 0 Å². The molecule has 0 saturated heterocycles. The molecule has 4 nitrogen and oxygen atoms in total. The number of carbonyl (C=O) groups excluding carboxylic acids is 1. The number of primary amides is 1. The number of benzene rings is 2. The highest BCUT2D eigenvalue weighted by molar-refractivity contribution is 5.79. The molecule has 2 rings (SSSR count). The molecule has 0 aliphatic rings. The van der Waals surface area contributed by atoms with Gasteiger partial charge in [-0.1, -0.05) is 42.5 Å².